The average molecular weight is 317 g/mol. The van der Waals surface area contributed by atoms with Gasteiger partial charge >= 0.3 is 0 Å². The highest BCUT2D eigenvalue weighted by molar-refractivity contribution is 6.01. The van der Waals surface area contributed by atoms with Crippen LogP contribution in [0.25, 0.3) is 0 Å². The minimum Gasteiger partial charge on any atom is -0.381 e. The maximum Gasteiger partial charge on any atom is 0.237 e. The lowest BCUT2D eigenvalue weighted by molar-refractivity contribution is -0.124. The van der Waals surface area contributed by atoms with Gasteiger partial charge in [0.05, 0.1) is 12.5 Å². The molecule has 3 rings (SSSR count). The first-order valence-electron chi connectivity index (χ1n) is 8.16. The molecule has 0 radical (unpaired) electrons. The second-order valence-corrected chi connectivity index (χ2v) is 6.12. The van der Waals surface area contributed by atoms with E-state index < -0.39 is 6.04 Å². The molecule has 3 N–H and O–H groups in total. The third-order valence-corrected chi connectivity index (χ3v) is 4.64. The molecule has 0 saturated carbocycles. The lowest BCUT2D eigenvalue weighted by Gasteiger charge is -2.27. The summed E-state index contributed by atoms with van der Waals surface area (Å²) in [5.41, 5.74) is 8.03. The van der Waals surface area contributed by atoms with E-state index in [0.29, 0.717) is 32.7 Å². The van der Waals surface area contributed by atoms with Crippen molar-refractivity contribution in [2.24, 2.45) is 11.7 Å². The van der Waals surface area contributed by atoms with Crippen molar-refractivity contribution >= 4 is 17.5 Å². The summed E-state index contributed by atoms with van der Waals surface area (Å²) in [4.78, 5) is 26.0. The summed E-state index contributed by atoms with van der Waals surface area (Å²) in [5, 5.41) is 2.86. The Bertz CT molecular complexity index is 584. The quantitative estimate of drug-likeness (QED) is 0.825. The number of hydrogen-bond donors (Lipinski definition) is 2. The molecule has 2 amide bonds. The minimum atomic E-state index is -0.500. The molecular weight excluding hydrogens is 294 g/mol. The van der Waals surface area contributed by atoms with Crippen LogP contribution in [0.2, 0.25) is 0 Å². The van der Waals surface area contributed by atoms with Gasteiger partial charge in [-0.1, -0.05) is 18.2 Å². The normalized spacial score (nSPS) is 19.5. The Morgan fingerprint density at radius 2 is 2.09 bits per heavy atom. The lowest BCUT2D eigenvalue weighted by atomic mass is 9.92. The van der Waals surface area contributed by atoms with E-state index in [1.807, 2.05) is 24.3 Å². The molecule has 2 aliphatic heterocycles. The molecular formula is C17H23N3O3. The predicted molar refractivity (Wildman–Crippen MR) is 87.0 cm³/mol. The number of fused-ring (bicyclic) bond motifs is 1. The van der Waals surface area contributed by atoms with Crippen molar-refractivity contribution < 1.29 is 14.3 Å². The molecule has 0 aliphatic carbocycles. The minimum absolute atomic E-state index is 0.0779. The van der Waals surface area contributed by atoms with E-state index >= 15 is 0 Å². The fourth-order valence-corrected chi connectivity index (χ4v) is 3.26. The molecule has 0 aromatic heterocycles. The number of anilines is 1. The maximum atomic E-state index is 12.2. The summed E-state index contributed by atoms with van der Waals surface area (Å²) in [5.74, 6) is 0.115. The number of benzene rings is 1. The fourth-order valence-electron chi connectivity index (χ4n) is 3.26. The molecule has 23 heavy (non-hydrogen) atoms. The van der Waals surface area contributed by atoms with Gasteiger partial charge in [-0.15, -0.1) is 0 Å². The van der Waals surface area contributed by atoms with Gasteiger partial charge in [-0.2, -0.15) is 0 Å². The number of ether oxygens (including phenoxy) is 1. The average Bonchev–Trinajstić information content (AvgIpc) is 2.90. The third kappa shape index (κ3) is 3.54. The van der Waals surface area contributed by atoms with Gasteiger partial charge in [-0.25, -0.2) is 0 Å². The van der Waals surface area contributed by atoms with Crippen LogP contribution in [0.15, 0.2) is 24.3 Å². The van der Waals surface area contributed by atoms with E-state index in [4.69, 9.17) is 10.5 Å². The van der Waals surface area contributed by atoms with Gasteiger partial charge in [0.15, 0.2) is 0 Å². The summed E-state index contributed by atoms with van der Waals surface area (Å²) in [7, 11) is 0. The highest BCUT2D eigenvalue weighted by Crippen LogP contribution is 2.27. The van der Waals surface area contributed by atoms with Crippen molar-refractivity contribution in [2.75, 3.05) is 31.2 Å². The van der Waals surface area contributed by atoms with Gasteiger partial charge in [0.25, 0.3) is 0 Å². The fraction of sp³-hybridized carbons (Fsp3) is 0.529. The molecule has 1 saturated heterocycles. The maximum absolute atomic E-state index is 12.2. The first-order chi connectivity index (χ1) is 11.2. The van der Waals surface area contributed by atoms with E-state index in [0.717, 1.165) is 24.1 Å². The van der Waals surface area contributed by atoms with Gasteiger partial charge in [0.2, 0.25) is 11.8 Å². The van der Waals surface area contributed by atoms with Gasteiger partial charge in [-0.3, -0.25) is 9.59 Å². The predicted octanol–water partition coefficient (Wildman–Crippen LogP) is 0.446. The molecule has 1 unspecified atom stereocenters. The van der Waals surface area contributed by atoms with E-state index in [1.165, 1.54) is 0 Å². The van der Waals surface area contributed by atoms with Crippen molar-refractivity contribution in [2.45, 2.75) is 25.3 Å². The number of rotatable bonds is 5. The largest absolute Gasteiger partial charge is 0.381 e. The molecule has 2 aliphatic rings. The SMILES string of the molecule is NC(C(=O)NCCN1C(=O)Cc2ccccc21)C1CCOCC1. The van der Waals surface area contributed by atoms with Crippen molar-refractivity contribution in [1.29, 1.82) is 0 Å². The van der Waals surface area contributed by atoms with Crippen LogP contribution < -0.4 is 16.0 Å². The summed E-state index contributed by atoms with van der Waals surface area (Å²) in [6, 6.07) is 7.26. The topological polar surface area (TPSA) is 84.7 Å². The number of nitrogens with one attached hydrogen (secondary N) is 1. The standard InChI is InChI=1S/C17H23N3O3/c18-16(12-5-9-23-10-6-12)17(22)19-7-8-20-14-4-2-1-3-13(14)11-15(20)21/h1-4,12,16H,5-11,18H2,(H,19,22). The first-order valence-corrected chi connectivity index (χ1v) is 8.16. The molecule has 0 spiro atoms. The number of amides is 2. The summed E-state index contributed by atoms with van der Waals surface area (Å²) >= 11 is 0. The van der Waals surface area contributed by atoms with E-state index in [9.17, 15) is 9.59 Å². The van der Waals surface area contributed by atoms with Crippen LogP contribution in [-0.2, 0) is 20.7 Å². The van der Waals surface area contributed by atoms with Gasteiger partial charge in [0.1, 0.15) is 0 Å². The number of para-hydroxylation sites is 1. The molecule has 2 heterocycles. The van der Waals surface area contributed by atoms with Gasteiger partial charge in [0, 0.05) is 32.0 Å². The Labute approximate surface area is 136 Å². The lowest BCUT2D eigenvalue weighted by Crippen LogP contribution is -2.48. The van der Waals surface area contributed by atoms with Crippen molar-refractivity contribution in [3.05, 3.63) is 29.8 Å². The van der Waals surface area contributed by atoms with Crippen LogP contribution in [0.3, 0.4) is 0 Å². The van der Waals surface area contributed by atoms with Crippen LogP contribution >= 0.6 is 0 Å². The Morgan fingerprint density at radius 1 is 1.35 bits per heavy atom. The number of nitrogens with two attached hydrogens (primary N) is 1. The zero-order chi connectivity index (χ0) is 16.2. The van der Waals surface area contributed by atoms with E-state index in [1.54, 1.807) is 4.90 Å². The van der Waals surface area contributed by atoms with Crippen LogP contribution in [0.5, 0.6) is 0 Å². The summed E-state index contributed by atoms with van der Waals surface area (Å²) in [6.45, 7) is 2.23. The molecule has 1 atom stereocenters. The third-order valence-electron chi connectivity index (χ3n) is 4.64. The Balaban J connectivity index is 1.49. The zero-order valence-electron chi connectivity index (χ0n) is 13.2. The molecule has 6 heteroatoms. The number of hydrogen-bond acceptors (Lipinski definition) is 4. The number of carbonyl (C=O) groups excluding carboxylic acids is 2. The second kappa shape index (κ2) is 7.10. The van der Waals surface area contributed by atoms with Crippen LogP contribution in [0, 0.1) is 5.92 Å². The molecule has 0 bridgehead atoms. The number of nitrogens with zero attached hydrogens (tertiary/aromatic N) is 1. The van der Waals surface area contributed by atoms with Crippen LogP contribution in [0.1, 0.15) is 18.4 Å². The molecule has 1 fully saturated rings. The van der Waals surface area contributed by atoms with Crippen molar-refractivity contribution in [3.63, 3.8) is 0 Å². The smallest absolute Gasteiger partial charge is 0.237 e. The van der Waals surface area contributed by atoms with E-state index in [2.05, 4.69) is 5.32 Å². The van der Waals surface area contributed by atoms with E-state index in [-0.39, 0.29) is 17.7 Å². The number of carbonyl (C=O) groups is 2. The molecule has 1 aromatic rings. The first kappa shape index (κ1) is 16.0. The monoisotopic (exact) mass is 317 g/mol. The van der Waals surface area contributed by atoms with Crippen molar-refractivity contribution in [1.82, 2.24) is 5.32 Å². The zero-order valence-corrected chi connectivity index (χ0v) is 13.2. The molecule has 124 valence electrons. The second-order valence-electron chi connectivity index (χ2n) is 6.12. The Kier molecular flexibility index (Phi) is 4.93. The van der Waals surface area contributed by atoms with Crippen LogP contribution in [0.4, 0.5) is 5.69 Å². The summed E-state index contributed by atoms with van der Waals surface area (Å²) in [6.07, 6.45) is 2.09. The Morgan fingerprint density at radius 3 is 2.87 bits per heavy atom. The van der Waals surface area contributed by atoms with Crippen LogP contribution in [-0.4, -0.2) is 44.2 Å². The molecule has 1 aromatic carbocycles. The van der Waals surface area contributed by atoms with Crippen molar-refractivity contribution in [3.8, 4) is 0 Å². The highest BCUT2D eigenvalue weighted by atomic mass is 16.5. The summed E-state index contributed by atoms with van der Waals surface area (Å²) < 4.78 is 5.29. The van der Waals surface area contributed by atoms with Gasteiger partial charge < -0.3 is 20.7 Å². The Hall–Kier alpha value is -1.92. The van der Waals surface area contributed by atoms with Gasteiger partial charge in [-0.05, 0) is 30.4 Å². The highest BCUT2D eigenvalue weighted by Gasteiger charge is 2.28. The molecule has 6 nitrogen and oxygen atoms in total.